The third-order valence-electron chi connectivity index (χ3n) is 3.99. The molecule has 2 heteroatoms. The zero-order valence-electron chi connectivity index (χ0n) is 11.7. The van der Waals surface area contributed by atoms with Crippen LogP contribution < -0.4 is 0 Å². The summed E-state index contributed by atoms with van der Waals surface area (Å²) in [5.74, 6) is 0.822. The zero-order chi connectivity index (χ0) is 12.0. The maximum Gasteiger partial charge on any atom is 0.189 e. The largest absolute Gasteiger partial charge is 0.417 e. The smallest absolute Gasteiger partial charge is 0.189 e. The molecule has 0 aliphatic heterocycles. The zero-order valence-corrected chi connectivity index (χ0v) is 12.7. The molecule has 0 aromatic heterocycles. The highest BCUT2D eigenvalue weighted by Gasteiger charge is 2.34. The average Bonchev–Trinajstić information content (AvgIpc) is 2.26. The minimum absolute atomic E-state index is 0.822. The van der Waals surface area contributed by atoms with Crippen LogP contribution in [0.4, 0.5) is 0 Å². The molecule has 0 bridgehead atoms. The van der Waals surface area contributed by atoms with Crippen molar-refractivity contribution in [2.24, 2.45) is 5.92 Å². The van der Waals surface area contributed by atoms with E-state index in [1.165, 1.54) is 44.9 Å². The van der Waals surface area contributed by atoms with Crippen molar-refractivity contribution in [3.63, 3.8) is 0 Å². The SMILES string of the molecule is CC(C)CCCO[Si](C)(C)C1CCCCC1. The Labute approximate surface area is 103 Å². The molecule has 0 saturated heterocycles. The van der Waals surface area contributed by atoms with Gasteiger partial charge in [0.1, 0.15) is 0 Å². The summed E-state index contributed by atoms with van der Waals surface area (Å²) in [6, 6.07) is 0. The molecule has 96 valence electrons. The van der Waals surface area contributed by atoms with E-state index in [-0.39, 0.29) is 0 Å². The first-order valence-corrected chi connectivity index (χ1v) is 10.1. The second kappa shape index (κ2) is 6.80. The van der Waals surface area contributed by atoms with Gasteiger partial charge in [0, 0.05) is 6.61 Å². The van der Waals surface area contributed by atoms with Crippen molar-refractivity contribution in [2.75, 3.05) is 6.61 Å². The van der Waals surface area contributed by atoms with E-state index in [1.54, 1.807) is 0 Å². The van der Waals surface area contributed by atoms with Gasteiger partial charge < -0.3 is 4.43 Å². The Hall–Kier alpha value is 0.177. The molecule has 0 aromatic rings. The van der Waals surface area contributed by atoms with Crippen LogP contribution in [-0.4, -0.2) is 14.9 Å². The standard InChI is InChI=1S/C14H30OSi/c1-13(2)9-8-12-15-16(3,4)14-10-6-5-7-11-14/h13-14H,5-12H2,1-4H3. The van der Waals surface area contributed by atoms with Crippen LogP contribution in [0.5, 0.6) is 0 Å². The second-order valence-corrected chi connectivity index (χ2v) is 10.6. The van der Waals surface area contributed by atoms with Crippen molar-refractivity contribution in [3.05, 3.63) is 0 Å². The van der Waals surface area contributed by atoms with Crippen molar-refractivity contribution in [1.29, 1.82) is 0 Å². The Kier molecular flexibility index (Phi) is 6.05. The van der Waals surface area contributed by atoms with Crippen LogP contribution in [-0.2, 0) is 4.43 Å². The molecule has 0 heterocycles. The van der Waals surface area contributed by atoms with Gasteiger partial charge in [0.2, 0.25) is 0 Å². The lowest BCUT2D eigenvalue weighted by molar-refractivity contribution is 0.272. The molecule has 0 unspecified atom stereocenters. The van der Waals surface area contributed by atoms with Gasteiger partial charge in [-0.25, -0.2) is 0 Å². The van der Waals surface area contributed by atoms with Crippen molar-refractivity contribution in [3.8, 4) is 0 Å². The van der Waals surface area contributed by atoms with Gasteiger partial charge in [-0.2, -0.15) is 0 Å². The van der Waals surface area contributed by atoms with Crippen molar-refractivity contribution in [2.45, 2.75) is 77.4 Å². The fourth-order valence-electron chi connectivity index (χ4n) is 2.74. The summed E-state index contributed by atoms with van der Waals surface area (Å²) in [5, 5.41) is 0. The lowest BCUT2D eigenvalue weighted by Crippen LogP contribution is -2.38. The highest BCUT2D eigenvalue weighted by molar-refractivity contribution is 6.72. The van der Waals surface area contributed by atoms with Gasteiger partial charge in [-0.15, -0.1) is 0 Å². The quantitative estimate of drug-likeness (QED) is 0.471. The van der Waals surface area contributed by atoms with E-state index >= 15 is 0 Å². The Morgan fingerprint density at radius 3 is 2.31 bits per heavy atom. The van der Waals surface area contributed by atoms with Crippen LogP contribution in [0.1, 0.15) is 58.8 Å². The molecule has 16 heavy (non-hydrogen) atoms. The molecular weight excluding hydrogens is 212 g/mol. The van der Waals surface area contributed by atoms with E-state index in [0.29, 0.717) is 0 Å². The first-order valence-electron chi connectivity index (χ1n) is 7.16. The molecule has 1 nitrogen and oxygen atoms in total. The number of rotatable bonds is 6. The summed E-state index contributed by atoms with van der Waals surface area (Å²) in [6.07, 6.45) is 9.77. The molecule has 0 amide bonds. The van der Waals surface area contributed by atoms with Crippen molar-refractivity contribution in [1.82, 2.24) is 0 Å². The predicted octanol–water partition coefficient (Wildman–Crippen LogP) is 4.98. The molecule has 0 atom stereocenters. The van der Waals surface area contributed by atoms with Gasteiger partial charge in [-0.05, 0) is 37.4 Å². The Bertz CT molecular complexity index is 183. The first kappa shape index (κ1) is 14.2. The second-order valence-electron chi connectivity index (χ2n) is 6.32. The highest BCUT2D eigenvalue weighted by atomic mass is 28.4. The van der Waals surface area contributed by atoms with Crippen molar-refractivity contribution >= 4 is 8.32 Å². The minimum atomic E-state index is -1.37. The van der Waals surface area contributed by atoms with Gasteiger partial charge in [0.25, 0.3) is 0 Å². The molecule has 1 aliphatic rings. The van der Waals surface area contributed by atoms with Gasteiger partial charge in [0.05, 0.1) is 0 Å². The molecule has 1 fully saturated rings. The van der Waals surface area contributed by atoms with Crippen LogP contribution in [0.15, 0.2) is 0 Å². The van der Waals surface area contributed by atoms with Gasteiger partial charge >= 0.3 is 0 Å². The van der Waals surface area contributed by atoms with E-state index < -0.39 is 8.32 Å². The topological polar surface area (TPSA) is 9.23 Å². The van der Waals surface area contributed by atoms with Crippen molar-refractivity contribution < 1.29 is 4.43 Å². The molecule has 0 N–H and O–H groups in total. The summed E-state index contributed by atoms with van der Waals surface area (Å²) in [5.41, 5.74) is 0.931. The Balaban J connectivity index is 2.21. The van der Waals surface area contributed by atoms with E-state index in [0.717, 1.165) is 18.1 Å². The van der Waals surface area contributed by atoms with Crippen LogP contribution in [0.3, 0.4) is 0 Å². The predicted molar refractivity (Wildman–Crippen MR) is 74.3 cm³/mol. The average molecular weight is 242 g/mol. The molecule has 1 aliphatic carbocycles. The fourth-order valence-corrected chi connectivity index (χ4v) is 5.45. The summed E-state index contributed by atoms with van der Waals surface area (Å²) in [4.78, 5) is 0. The summed E-state index contributed by atoms with van der Waals surface area (Å²) in [6.45, 7) is 10.5. The third-order valence-corrected chi connectivity index (χ3v) is 7.48. The van der Waals surface area contributed by atoms with Crippen LogP contribution in [0.25, 0.3) is 0 Å². The molecular formula is C14H30OSi. The van der Waals surface area contributed by atoms with E-state index in [9.17, 15) is 0 Å². The van der Waals surface area contributed by atoms with E-state index in [1.807, 2.05) is 0 Å². The summed E-state index contributed by atoms with van der Waals surface area (Å²) in [7, 11) is -1.37. The first-order chi connectivity index (χ1) is 7.52. The van der Waals surface area contributed by atoms with Crippen LogP contribution >= 0.6 is 0 Å². The maximum absolute atomic E-state index is 6.26. The van der Waals surface area contributed by atoms with Gasteiger partial charge in [-0.1, -0.05) is 46.0 Å². The molecule has 0 spiro atoms. The normalized spacial score (nSPS) is 19.3. The van der Waals surface area contributed by atoms with Gasteiger partial charge in [0.15, 0.2) is 8.32 Å². The lowest BCUT2D eigenvalue weighted by atomic mass is 10.0. The molecule has 0 aromatic carbocycles. The summed E-state index contributed by atoms with van der Waals surface area (Å²) >= 11 is 0. The fraction of sp³-hybridized carbons (Fsp3) is 1.00. The Morgan fingerprint density at radius 2 is 1.75 bits per heavy atom. The minimum Gasteiger partial charge on any atom is -0.417 e. The highest BCUT2D eigenvalue weighted by Crippen LogP contribution is 2.37. The number of hydrogen-bond donors (Lipinski definition) is 0. The van der Waals surface area contributed by atoms with Gasteiger partial charge in [-0.3, -0.25) is 0 Å². The summed E-state index contributed by atoms with van der Waals surface area (Å²) < 4.78 is 6.26. The molecule has 0 radical (unpaired) electrons. The number of hydrogen-bond acceptors (Lipinski definition) is 1. The Morgan fingerprint density at radius 1 is 1.12 bits per heavy atom. The third kappa shape index (κ3) is 5.01. The maximum atomic E-state index is 6.26. The van der Waals surface area contributed by atoms with Crippen LogP contribution in [0.2, 0.25) is 18.6 Å². The van der Waals surface area contributed by atoms with E-state index in [4.69, 9.17) is 4.43 Å². The van der Waals surface area contributed by atoms with E-state index in [2.05, 4.69) is 26.9 Å². The molecule has 1 saturated carbocycles. The van der Waals surface area contributed by atoms with Crippen LogP contribution in [0, 0.1) is 5.92 Å². The monoisotopic (exact) mass is 242 g/mol. The molecule has 1 rings (SSSR count). The lowest BCUT2D eigenvalue weighted by Gasteiger charge is -2.35.